The highest BCUT2D eigenvalue weighted by Gasteiger charge is 2.21. The lowest BCUT2D eigenvalue weighted by Crippen LogP contribution is -2.47. The number of hydrogen-bond acceptors (Lipinski definition) is 6. The van der Waals surface area contributed by atoms with Crippen molar-refractivity contribution in [2.45, 2.75) is 19.3 Å². The minimum atomic E-state index is 0.0617. The van der Waals surface area contributed by atoms with Crippen molar-refractivity contribution in [3.63, 3.8) is 0 Å². The molecule has 7 nitrogen and oxygen atoms in total. The molecule has 0 unspecified atom stereocenters. The number of likely N-dealkylation sites (N-methyl/N-ethyl adjacent to an activating group) is 1. The van der Waals surface area contributed by atoms with E-state index in [1.807, 2.05) is 59.5 Å². The number of nitrogens with zero attached hydrogens (tertiary/aromatic N) is 4. The number of aromatic nitrogens is 1. The van der Waals surface area contributed by atoms with Gasteiger partial charge < -0.3 is 19.0 Å². The Labute approximate surface area is 222 Å². The topological polar surface area (TPSA) is 82.6 Å². The highest BCUT2D eigenvalue weighted by atomic mass is 16.5. The second-order valence-corrected chi connectivity index (χ2v) is 10.3. The summed E-state index contributed by atoms with van der Waals surface area (Å²) in [6.07, 6.45) is 5.41. The van der Waals surface area contributed by atoms with Crippen molar-refractivity contribution < 1.29 is 13.9 Å². The lowest BCUT2D eigenvalue weighted by molar-refractivity contribution is 0.0664. The van der Waals surface area contributed by atoms with Gasteiger partial charge in [-0.3, -0.25) is 9.78 Å². The number of benzene rings is 2. The Hall–Kier alpha value is -4.15. The first-order chi connectivity index (χ1) is 18.6. The van der Waals surface area contributed by atoms with Gasteiger partial charge in [0, 0.05) is 55.1 Å². The van der Waals surface area contributed by atoms with Crippen molar-refractivity contribution in [3.05, 3.63) is 71.9 Å². The summed E-state index contributed by atoms with van der Waals surface area (Å²) in [5.74, 6) is 1.97. The molecule has 1 aliphatic carbocycles. The van der Waals surface area contributed by atoms with Gasteiger partial charge >= 0.3 is 0 Å². The van der Waals surface area contributed by atoms with Gasteiger partial charge in [-0.25, -0.2) is 0 Å². The summed E-state index contributed by atoms with van der Waals surface area (Å²) in [4.78, 5) is 21.6. The number of furan rings is 1. The molecule has 2 aliphatic rings. The number of piperazine rings is 1. The normalized spacial score (nSPS) is 16.3. The molecule has 0 bridgehead atoms. The predicted octanol–water partition coefficient (Wildman–Crippen LogP) is 5.60. The summed E-state index contributed by atoms with van der Waals surface area (Å²) in [6.45, 7) is 3.94. The number of carbonyl (C=O) groups is 1. The first kappa shape index (κ1) is 24.2. The maximum atomic E-state index is 12.9. The maximum Gasteiger partial charge on any atom is 0.253 e. The minimum absolute atomic E-state index is 0.0617. The van der Waals surface area contributed by atoms with Crippen LogP contribution in [0.25, 0.3) is 33.6 Å². The molecule has 1 saturated carbocycles. The van der Waals surface area contributed by atoms with Gasteiger partial charge in [0.15, 0.2) is 5.58 Å². The molecule has 38 heavy (non-hydrogen) atoms. The van der Waals surface area contributed by atoms with E-state index >= 15 is 0 Å². The molecule has 1 amide bonds. The molecule has 0 spiro atoms. The fraction of sp³-hybridized carbons (Fsp3) is 0.323. The Kier molecular flexibility index (Phi) is 6.57. The largest absolute Gasteiger partial charge is 0.492 e. The van der Waals surface area contributed by atoms with Gasteiger partial charge in [0.1, 0.15) is 23.1 Å². The number of nitriles is 1. The molecule has 6 rings (SSSR count). The molecule has 2 fully saturated rings. The van der Waals surface area contributed by atoms with Gasteiger partial charge in [-0.2, -0.15) is 5.26 Å². The standard InChI is InChI=1S/C31H30N4O3/c1-34-13-15-35(16-14-34)31(36)23-7-5-22(6-8-23)29-18-27-30(38-29)26(11-12-33-27)24-9-10-28(25(17-24)19-32)37-20-21-3-2-4-21/h5-12,17-18,21H,2-4,13-16,20H2,1H3. The quantitative estimate of drug-likeness (QED) is 0.339. The molecule has 4 aromatic rings. The maximum absolute atomic E-state index is 12.9. The minimum Gasteiger partial charge on any atom is -0.492 e. The third-order valence-corrected chi connectivity index (χ3v) is 7.73. The summed E-state index contributed by atoms with van der Waals surface area (Å²) in [5.41, 5.74) is 5.20. The van der Waals surface area contributed by atoms with Gasteiger partial charge in [-0.15, -0.1) is 0 Å². The average Bonchev–Trinajstić information content (AvgIpc) is 3.37. The van der Waals surface area contributed by atoms with E-state index in [1.165, 1.54) is 19.3 Å². The van der Waals surface area contributed by atoms with Crippen LogP contribution in [0.5, 0.6) is 5.75 Å². The van der Waals surface area contributed by atoms with E-state index in [1.54, 1.807) is 6.20 Å². The zero-order valence-corrected chi connectivity index (χ0v) is 21.5. The smallest absolute Gasteiger partial charge is 0.253 e. The second-order valence-electron chi connectivity index (χ2n) is 10.3. The lowest BCUT2D eigenvalue weighted by atomic mass is 9.86. The van der Waals surface area contributed by atoms with E-state index in [4.69, 9.17) is 9.15 Å². The van der Waals surface area contributed by atoms with Crippen LogP contribution in [0.15, 0.2) is 65.2 Å². The zero-order chi connectivity index (χ0) is 26.1. The van der Waals surface area contributed by atoms with Crippen LogP contribution in [-0.2, 0) is 0 Å². The fourth-order valence-electron chi connectivity index (χ4n) is 5.05. The van der Waals surface area contributed by atoms with Gasteiger partial charge in [0.05, 0.1) is 12.2 Å². The number of rotatable bonds is 6. The summed E-state index contributed by atoms with van der Waals surface area (Å²) < 4.78 is 12.3. The average molecular weight is 507 g/mol. The number of fused-ring (bicyclic) bond motifs is 1. The van der Waals surface area contributed by atoms with Crippen molar-refractivity contribution in [1.82, 2.24) is 14.8 Å². The Balaban J connectivity index is 1.24. The molecule has 2 aromatic carbocycles. The number of amides is 1. The first-order valence-corrected chi connectivity index (χ1v) is 13.2. The van der Waals surface area contributed by atoms with Gasteiger partial charge in [0.25, 0.3) is 5.91 Å². The van der Waals surface area contributed by atoms with E-state index < -0.39 is 0 Å². The van der Waals surface area contributed by atoms with Crippen molar-refractivity contribution >= 4 is 17.0 Å². The van der Waals surface area contributed by atoms with Crippen LogP contribution in [0.3, 0.4) is 0 Å². The van der Waals surface area contributed by atoms with Crippen LogP contribution in [0.4, 0.5) is 0 Å². The Morgan fingerprint density at radius 2 is 1.82 bits per heavy atom. The number of pyridine rings is 1. The van der Waals surface area contributed by atoms with Crippen molar-refractivity contribution in [2.24, 2.45) is 5.92 Å². The Morgan fingerprint density at radius 1 is 1.05 bits per heavy atom. The monoisotopic (exact) mass is 506 g/mol. The van der Waals surface area contributed by atoms with Gasteiger partial charge in [-0.05, 0) is 61.7 Å². The number of hydrogen-bond donors (Lipinski definition) is 0. The molecule has 0 radical (unpaired) electrons. The molecular formula is C31H30N4O3. The van der Waals surface area contributed by atoms with Crippen LogP contribution >= 0.6 is 0 Å². The van der Waals surface area contributed by atoms with Crippen molar-refractivity contribution in [3.8, 4) is 34.3 Å². The SMILES string of the molecule is CN1CCN(C(=O)c2ccc(-c3cc4nccc(-c5ccc(OCC6CCC6)c(C#N)c5)c4o3)cc2)CC1. The number of ether oxygens (including phenoxy) is 1. The Bertz CT molecular complexity index is 1510. The molecule has 0 atom stereocenters. The molecule has 192 valence electrons. The van der Waals surface area contributed by atoms with Gasteiger partial charge in [-0.1, -0.05) is 24.6 Å². The molecule has 3 heterocycles. The molecular weight excluding hydrogens is 476 g/mol. The molecule has 1 saturated heterocycles. The van der Waals surface area contributed by atoms with E-state index in [0.717, 1.165) is 48.4 Å². The van der Waals surface area contributed by atoms with Crippen LogP contribution in [0.2, 0.25) is 0 Å². The number of carbonyl (C=O) groups excluding carboxylic acids is 1. The molecule has 0 N–H and O–H groups in total. The second kappa shape index (κ2) is 10.3. The molecule has 7 heteroatoms. The van der Waals surface area contributed by atoms with Crippen LogP contribution < -0.4 is 4.74 Å². The lowest BCUT2D eigenvalue weighted by Gasteiger charge is -2.32. The van der Waals surface area contributed by atoms with E-state index in [-0.39, 0.29) is 5.91 Å². The first-order valence-electron chi connectivity index (χ1n) is 13.2. The molecule has 1 aliphatic heterocycles. The Morgan fingerprint density at radius 3 is 2.53 bits per heavy atom. The van der Waals surface area contributed by atoms with E-state index in [0.29, 0.717) is 40.7 Å². The van der Waals surface area contributed by atoms with Gasteiger partial charge in [0.2, 0.25) is 0 Å². The third kappa shape index (κ3) is 4.75. The van der Waals surface area contributed by atoms with Crippen molar-refractivity contribution in [2.75, 3.05) is 39.8 Å². The summed E-state index contributed by atoms with van der Waals surface area (Å²) in [5, 5.41) is 9.75. The highest BCUT2D eigenvalue weighted by molar-refractivity contribution is 5.95. The van der Waals surface area contributed by atoms with Crippen LogP contribution in [-0.4, -0.2) is 60.5 Å². The zero-order valence-electron chi connectivity index (χ0n) is 21.5. The summed E-state index contributed by atoms with van der Waals surface area (Å²) in [7, 11) is 2.08. The van der Waals surface area contributed by atoms with Crippen molar-refractivity contribution in [1.29, 1.82) is 5.26 Å². The van der Waals surface area contributed by atoms with Crippen LogP contribution in [0.1, 0.15) is 35.2 Å². The summed E-state index contributed by atoms with van der Waals surface area (Å²) in [6, 6.07) is 19.3. The van der Waals surface area contributed by atoms with E-state index in [2.05, 4.69) is 23.0 Å². The fourth-order valence-corrected chi connectivity index (χ4v) is 5.05. The molecule has 2 aromatic heterocycles. The van der Waals surface area contributed by atoms with Crippen LogP contribution in [0, 0.1) is 17.2 Å². The highest BCUT2D eigenvalue weighted by Crippen LogP contribution is 2.36. The predicted molar refractivity (Wildman–Crippen MR) is 146 cm³/mol. The van der Waals surface area contributed by atoms with E-state index in [9.17, 15) is 10.1 Å². The summed E-state index contributed by atoms with van der Waals surface area (Å²) >= 11 is 0. The third-order valence-electron chi connectivity index (χ3n) is 7.73.